The molecular formula is C24H46N2O4. The van der Waals surface area contributed by atoms with Crippen LogP contribution in [0.5, 0.6) is 0 Å². The van der Waals surface area contributed by atoms with Gasteiger partial charge in [0.2, 0.25) is 0 Å². The third-order valence-electron chi connectivity index (χ3n) is 7.43. The molecule has 0 amide bonds. The first-order chi connectivity index (χ1) is 14.1. The summed E-state index contributed by atoms with van der Waals surface area (Å²) in [6.07, 6.45) is 14.9. The maximum absolute atomic E-state index is 10.1. The van der Waals surface area contributed by atoms with E-state index in [2.05, 4.69) is 13.8 Å². The van der Waals surface area contributed by atoms with Crippen LogP contribution in [0.3, 0.4) is 0 Å². The molecule has 6 nitrogen and oxygen atoms in total. The molecule has 30 heavy (non-hydrogen) atoms. The number of unbranched alkanes of at least 4 members (excludes halogenated alkanes) is 4. The van der Waals surface area contributed by atoms with Gasteiger partial charge in [-0.3, -0.25) is 9.59 Å². The molecule has 2 saturated carbocycles. The van der Waals surface area contributed by atoms with Crippen LogP contribution >= 0.6 is 0 Å². The third kappa shape index (κ3) is 10.8. The predicted octanol–water partition coefficient (Wildman–Crippen LogP) is 4.93. The fourth-order valence-electron chi connectivity index (χ4n) is 5.14. The van der Waals surface area contributed by atoms with E-state index < -0.39 is 11.9 Å². The van der Waals surface area contributed by atoms with Gasteiger partial charge >= 0.3 is 11.9 Å². The largest absolute Gasteiger partial charge is 0.481 e. The molecule has 2 aliphatic rings. The lowest BCUT2D eigenvalue weighted by Gasteiger charge is -2.46. The second kappa shape index (κ2) is 14.0. The Balaban J connectivity index is 0.000000314. The van der Waals surface area contributed by atoms with Crippen LogP contribution < -0.4 is 11.5 Å². The van der Waals surface area contributed by atoms with Gasteiger partial charge in [0.15, 0.2) is 0 Å². The molecule has 6 N–H and O–H groups in total. The number of nitrogens with two attached hydrogens (primary N) is 2. The average Bonchev–Trinajstić information content (AvgIpc) is 2.68. The summed E-state index contributed by atoms with van der Waals surface area (Å²) in [5, 5.41) is 16.6. The molecule has 0 saturated heterocycles. The first kappa shape index (κ1) is 26.9. The van der Waals surface area contributed by atoms with Crippen LogP contribution in [0.15, 0.2) is 0 Å². The molecule has 2 fully saturated rings. The Hall–Kier alpha value is -1.14. The lowest BCUT2D eigenvalue weighted by atomic mass is 9.60. The first-order valence-corrected chi connectivity index (χ1v) is 12.1. The molecular weight excluding hydrogens is 380 g/mol. The molecule has 0 aliphatic heterocycles. The minimum Gasteiger partial charge on any atom is -0.481 e. The van der Waals surface area contributed by atoms with Crippen LogP contribution in [0.4, 0.5) is 0 Å². The van der Waals surface area contributed by atoms with Crippen LogP contribution in [0.2, 0.25) is 0 Å². The number of hydrogen-bond donors (Lipinski definition) is 4. The highest BCUT2D eigenvalue weighted by Crippen LogP contribution is 2.47. The topological polar surface area (TPSA) is 127 Å². The molecule has 0 bridgehead atoms. The molecule has 0 radical (unpaired) electrons. The smallest absolute Gasteiger partial charge is 0.303 e. The van der Waals surface area contributed by atoms with Gasteiger partial charge in [0.25, 0.3) is 0 Å². The van der Waals surface area contributed by atoms with Crippen molar-refractivity contribution in [3.8, 4) is 0 Å². The van der Waals surface area contributed by atoms with Gasteiger partial charge in [-0.15, -0.1) is 0 Å². The van der Waals surface area contributed by atoms with Gasteiger partial charge in [0.05, 0.1) is 0 Å². The standard InChI is InChI=1S/C15H30N2.C9H16O4/c1-15(2,11-3-7-13(16)8-4-11)12-5-9-14(17)10-6-12;10-8(11)6-4-2-1-3-5-7-9(12)13/h11-14H,3-10,16-17H2,1-2H3;1-7H2,(H,10,11)(H,12,13). The Labute approximate surface area is 183 Å². The molecule has 0 unspecified atom stereocenters. The van der Waals surface area contributed by atoms with Crippen molar-refractivity contribution in [1.29, 1.82) is 0 Å². The number of rotatable bonds is 10. The minimum atomic E-state index is -0.759. The number of carboxylic acid groups (broad SMARTS) is 2. The van der Waals surface area contributed by atoms with Crippen molar-refractivity contribution in [2.24, 2.45) is 28.7 Å². The van der Waals surface area contributed by atoms with Crippen molar-refractivity contribution < 1.29 is 19.8 Å². The van der Waals surface area contributed by atoms with Crippen LogP contribution in [-0.2, 0) is 9.59 Å². The normalized spacial score (nSPS) is 27.1. The maximum atomic E-state index is 10.1. The molecule has 0 aromatic heterocycles. The number of aliphatic carboxylic acids is 2. The van der Waals surface area contributed by atoms with Crippen LogP contribution in [0.1, 0.15) is 110 Å². The van der Waals surface area contributed by atoms with Crippen molar-refractivity contribution in [2.75, 3.05) is 0 Å². The van der Waals surface area contributed by atoms with Gasteiger partial charge in [0, 0.05) is 24.9 Å². The third-order valence-corrected chi connectivity index (χ3v) is 7.43. The summed E-state index contributed by atoms with van der Waals surface area (Å²) >= 11 is 0. The highest BCUT2D eigenvalue weighted by atomic mass is 16.4. The van der Waals surface area contributed by atoms with Crippen molar-refractivity contribution in [1.82, 2.24) is 0 Å². The molecule has 6 heteroatoms. The lowest BCUT2D eigenvalue weighted by Crippen LogP contribution is -2.40. The molecule has 0 heterocycles. The van der Waals surface area contributed by atoms with Crippen molar-refractivity contribution in [3.63, 3.8) is 0 Å². The monoisotopic (exact) mass is 426 g/mol. The summed E-state index contributed by atoms with van der Waals surface area (Å²) in [7, 11) is 0. The molecule has 0 atom stereocenters. The molecule has 0 aromatic carbocycles. The second-order valence-electron chi connectivity index (χ2n) is 10.1. The summed E-state index contributed by atoms with van der Waals surface area (Å²) < 4.78 is 0. The zero-order valence-corrected chi connectivity index (χ0v) is 19.3. The predicted molar refractivity (Wildman–Crippen MR) is 121 cm³/mol. The van der Waals surface area contributed by atoms with Gasteiger partial charge in [-0.2, -0.15) is 0 Å². The van der Waals surface area contributed by atoms with Gasteiger partial charge in [0.1, 0.15) is 0 Å². The van der Waals surface area contributed by atoms with E-state index in [4.69, 9.17) is 21.7 Å². The Bertz CT molecular complexity index is 451. The number of hydrogen-bond acceptors (Lipinski definition) is 4. The summed E-state index contributed by atoms with van der Waals surface area (Å²) in [4.78, 5) is 20.2. The van der Waals surface area contributed by atoms with Crippen molar-refractivity contribution in [2.45, 2.75) is 122 Å². The zero-order valence-electron chi connectivity index (χ0n) is 19.3. The number of carboxylic acids is 2. The SMILES string of the molecule is CC(C)(C1CCC(N)CC1)C1CCC(N)CC1.O=C(O)CCCCCCCC(=O)O. The Kier molecular flexibility index (Phi) is 12.6. The van der Waals surface area contributed by atoms with E-state index in [0.29, 0.717) is 30.3 Å². The average molecular weight is 427 g/mol. The molecule has 0 spiro atoms. The molecule has 2 rings (SSSR count). The Morgan fingerprint density at radius 3 is 1.27 bits per heavy atom. The van der Waals surface area contributed by atoms with Gasteiger partial charge in [-0.1, -0.05) is 33.1 Å². The maximum Gasteiger partial charge on any atom is 0.303 e. The fourth-order valence-corrected chi connectivity index (χ4v) is 5.14. The van der Waals surface area contributed by atoms with Crippen molar-refractivity contribution >= 4 is 11.9 Å². The Morgan fingerprint density at radius 1 is 0.667 bits per heavy atom. The summed E-state index contributed by atoms with van der Waals surface area (Å²) in [6.45, 7) is 4.99. The zero-order chi connectivity index (χ0) is 22.6. The van der Waals surface area contributed by atoms with E-state index in [1.54, 1.807) is 0 Å². The highest BCUT2D eigenvalue weighted by Gasteiger charge is 2.39. The van der Waals surface area contributed by atoms with Crippen molar-refractivity contribution in [3.05, 3.63) is 0 Å². The quantitative estimate of drug-likeness (QED) is 0.367. The van der Waals surface area contributed by atoms with Gasteiger partial charge in [-0.05, 0) is 81.5 Å². The highest BCUT2D eigenvalue weighted by molar-refractivity contribution is 5.66. The van der Waals surface area contributed by atoms with Crippen LogP contribution in [0.25, 0.3) is 0 Å². The summed E-state index contributed by atoms with van der Waals surface area (Å²) in [5.41, 5.74) is 12.5. The Morgan fingerprint density at radius 2 is 0.967 bits per heavy atom. The van der Waals surface area contributed by atoms with E-state index >= 15 is 0 Å². The van der Waals surface area contributed by atoms with Crippen LogP contribution in [0, 0.1) is 17.3 Å². The minimum absolute atomic E-state index is 0.221. The van der Waals surface area contributed by atoms with E-state index in [1.165, 1.54) is 51.4 Å². The second-order valence-corrected chi connectivity index (χ2v) is 10.1. The molecule has 0 aromatic rings. The van der Waals surface area contributed by atoms with E-state index in [0.717, 1.165) is 31.1 Å². The first-order valence-electron chi connectivity index (χ1n) is 12.1. The van der Waals surface area contributed by atoms with Gasteiger partial charge < -0.3 is 21.7 Å². The fraction of sp³-hybridized carbons (Fsp3) is 0.917. The number of carbonyl (C=O) groups is 2. The summed E-state index contributed by atoms with van der Waals surface area (Å²) in [5.74, 6) is 0.263. The summed E-state index contributed by atoms with van der Waals surface area (Å²) in [6, 6.07) is 0.948. The molecule has 176 valence electrons. The van der Waals surface area contributed by atoms with E-state index in [9.17, 15) is 9.59 Å². The van der Waals surface area contributed by atoms with E-state index in [1.807, 2.05) is 0 Å². The van der Waals surface area contributed by atoms with E-state index in [-0.39, 0.29) is 12.8 Å². The van der Waals surface area contributed by atoms with Crippen LogP contribution in [-0.4, -0.2) is 34.2 Å². The molecule has 2 aliphatic carbocycles. The van der Waals surface area contributed by atoms with Gasteiger partial charge in [-0.25, -0.2) is 0 Å². The lowest BCUT2D eigenvalue weighted by molar-refractivity contribution is -0.138.